The summed E-state index contributed by atoms with van der Waals surface area (Å²) in [6, 6.07) is 13.0. The molecule has 4 rings (SSSR count). The Labute approximate surface area is 193 Å². The minimum absolute atomic E-state index is 0. The predicted molar refractivity (Wildman–Crippen MR) is 130 cm³/mol. The number of rotatable bonds is 5. The summed E-state index contributed by atoms with van der Waals surface area (Å²) in [4.78, 5) is 13.8. The minimum Gasteiger partial charge on any atom is -0.366 e. The van der Waals surface area contributed by atoms with E-state index in [4.69, 9.17) is 4.99 Å². The van der Waals surface area contributed by atoms with E-state index >= 15 is 0 Å². The molecule has 0 aliphatic carbocycles. The van der Waals surface area contributed by atoms with Crippen LogP contribution in [0.4, 0.5) is 10.1 Å². The van der Waals surface area contributed by atoms with Gasteiger partial charge in [0.25, 0.3) is 0 Å². The number of aromatic nitrogens is 2. The van der Waals surface area contributed by atoms with Crippen LogP contribution in [0, 0.1) is 5.82 Å². The molecular formula is C22H28FIN6. The van der Waals surface area contributed by atoms with E-state index in [1.54, 1.807) is 6.07 Å². The van der Waals surface area contributed by atoms with Gasteiger partial charge in [0.15, 0.2) is 5.96 Å². The van der Waals surface area contributed by atoms with Crippen LogP contribution in [0.1, 0.15) is 12.6 Å². The number of pyridine rings is 1. The summed E-state index contributed by atoms with van der Waals surface area (Å²) in [6.07, 6.45) is 4.87. The molecule has 0 spiro atoms. The van der Waals surface area contributed by atoms with Crippen LogP contribution in [0.25, 0.3) is 5.65 Å². The predicted octanol–water partition coefficient (Wildman–Crippen LogP) is 3.42. The van der Waals surface area contributed by atoms with E-state index in [1.807, 2.05) is 40.9 Å². The van der Waals surface area contributed by atoms with E-state index in [0.717, 1.165) is 56.4 Å². The largest absolute Gasteiger partial charge is 0.366 e. The van der Waals surface area contributed by atoms with Gasteiger partial charge in [0, 0.05) is 58.1 Å². The van der Waals surface area contributed by atoms with E-state index in [2.05, 4.69) is 33.2 Å². The van der Waals surface area contributed by atoms with Crippen molar-refractivity contribution in [2.75, 3.05) is 44.2 Å². The maximum absolute atomic E-state index is 14.1. The number of para-hydroxylation sites is 1. The number of piperazine rings is 1. The third-order valence-electron chi connectivity index (χ3n) is 5.15. The Morgan fingerprint density at radius 2 is 1.87 bits per heavy atom. The minimum atomic E-state index is -0.158. The fourth-order valence-corrected chi connectivity index (χ4v) is 3.68. The van der Waals surface area contributed by atoms with E-state index in [9.17, 15) is 4.39 Å². The molecule has 8 heteroatoms. The molecule has 0 unspecified atom stereocenters. The fourth-order valence-electron chi connectivity index (χ4n) is 3.68. The number of imidazole rings is 1. The summed E-state index contributed by atoms with van der Waals surface area (Å²) in [7, 11) is 0. The molecule has 6 nitrogen and oxygen atoms in total. The lowest BCUT2D eigenvalue weighted by molar-refractivity contribution is 0.371. The van der Waals surface area contributed by atoms with Crippen molar-refractivity contribution in [1.82, 2.24) is 19.6 Å². The number of aliphatic imine (C=N–C) groups is 1. The van der Waals surface area contributed by atoms with Crippen molar-refractivity contribution in [1.29, 1.82) is 0 Å². The molecule has 1 N–H and O–H groups in total. The zero-order valence-corrected chi connectivity index (χ0v) is 19.5. The second kappa shape index (κ2) is 10.6. The molecule has 3 aromatic rings. The van der Waals surface area contributed by atoms with Gasteiger partial charge in [-0.2, -0.15) is 0 Å². The summed E-state index contributed by atoms with van der Waals surface area (Å²) in [6.45, 7) is 6.76. The molecule has 1 aliphatic rings. The maximum atomic E-state index is 14.1. The van der Waals surface area contributed by atoms with Crippen LogP contribution in [0.2, 0.25) is 0 Å². The number of benzene rings is 1. The number of fused-ring (bicyclic) bond motifs is 1. The highest BCUT2D eigenvalue weighted by molar-refractivity contribution is 14.0. The molecule has 1 aromatic carbocycles. The maximum Gasteiger partial charge on any atom is 0.194 e. The molecule has 160 valence electrons. The lowest BCUT2D eigenvalue weighted by atomic mass is 10.2. The number of nitrogens with one attached hydrogen (secondary N) is 1. The lowest BCUT2D eigenvalue weighted by Gasteiger charge is -2.37. The third kappa shape index (κ3) is 5.21. The van der Waals surface area contributed by atoms with Crippen LogP contribution in [-0.2, 0) is 6.42 Å². The van der Waals surface area contributed by atoms with Gasteiger partial charge in [0.1, 0.15) is 11.5 Å². The Morgan fingerprint density at radius 3 is 2.60 bits per heavy atom. The molecule has 1 saturated heterocycles. The average Bonchev–Trinajstić information content (AvgIpc) is 3.16. The molecule has 2 aromatic heterocycles. The molecule has 1 aliphatic heterocycles. The molecule has 0 saturated carbocycles. The van der Waals surface area contributed by atoms with Gasteiger partial charge in [-0.05, 0) is 31.2 Å². The summed E-state index contributed by atoms with van der Waals surface area (Å²) in [5, 5.41) is 3.39. The number of hydrogen-bond donors (Lipinski definition) is 1. The second-order valence-electron chi connectivity index (χ2n) is 7.11. The molecular weight excluding hydrogens is 494 g/mol. The molecule has 0 atom stereocenters. The van der Waals surface area contributed by atoms with Crippen molar-refractivity contribution in [3.63, 3.8) is 0 Å². The van der Waals surface area contributed by atoms with Crippen LogP contribution < -0.4 is 10.2 Å². The molecule has 0 amide bonds. The smallest absolute Gasteiger partial charge is 0.194 e. The van der Waals surface area contributed by atoms with Gasteiger partial charge in [-0.25, -0.2) is 9.37 Å². The zero-order valence-electron chi connectivity index (χ0n) is 17.2. The quantitative estimate of drug-likeness (QED) is 0.317. The number of anilines is 1. The average molecular weight is 522 g/mol. The summed E-state index contributed by atoms with van der Waals surface area (Å²) >= 11 is 0. The first kappa shape index (κ1) is 22.3. The van der Waals surface area contributed by atoms with Crippen molar-refractivity contribution in [3.8, 4) is 0 Å². The molecule has 30 heavy (non-hydrogen) atoms. The van der Waals surface area contributed by atoms with Gasteiger partial charge in [-0.3, -0.25) is 4.99 Å². The standard InChI is InChI=1S/C22H27FN6.HI/c1-2-24-22(25-11-10-18-17-29-12-6-5-9-21(29)26-18)28-15-13-27(14-16-28)20-8-4-3-7-19(20)23;/h3-9,12,17H,2,10-11,13-16H2,1H3,(H,24,25);1H. The lowest BCUT2D eigenvalue weighted by Crippen LogP contribution is -2.52. The Balaban J connectivity index is 0.00000256. The highest BCUT2D eigenvalue weighted by atomic mass is 127. The van der Waals surface area contributed by atoms with Gasteiger partial charge < -0.3 is 19.5 Å². The summed E-state index contributed by atoms with van der Waals surface area (Å²) < 4.78 is 16.1. The Kier molecular flexibility index (Phi) is 7.89. The number of halogens is 2. The molecule has 3 heterocycles. The van der Waals surface area contributed by atoms with Gasteiger partial charge in [-0.1, -0.05) is 18.2 Å². The van der Waals surface area contributed by atoms with E-state index in [-0.39, 0.29) is 29.8 Å². The Hall–Kier alpha value is -2.36. The summed E-state index contributed by atoms with van der Waals surface area (Å²) in [5.74, 6) is 0.762. The topological polar surface area (TPSA) is 48.2 Å². The Bertz CT molecular complexity index is 947. The summed E-state index contributed by atoms with van der Waals surface area (Å²) in [5.41, 5.74) is 2.68. The first-order chi connectivity index (χ1) is 14.2. The second-order valence-corrected chi connectivity index (χ2v) is 7.11. The van der Waals surface area contributed by atoms with Crippen LogP contribution >= 0.6 is 24.0 Å². The SMILES string of the molecule is CCNC(=NCCc1cn2ccccc2n1)N1CCN(c2ccccc2F)CC1.I. The highest BCUT2D eigenvalue weighted by Crippen LogP contribution is 2.20. The van der Waals surface area contributed by atoms with Gasteiger partial charge in [0.2, 0.25) is 0 Å². The normalized spacial score (nSPS) is 14.7. The van der Waals surface area contributed by atoms with Crippen molar-refractivity contribution in [2.24, 2.45) is 4.99 Å². The first-order valence-electron chi connectivity index (χ1n) is 10.2. The van der Waals surface area contributed by atoms with Crippen molar-refractivity contribution >= 4 is 41.3 Å². The van der Waals surface area contributed by atoms with Gasteiger partial charge in [0.05, 0.1) is 11.4 Å². The third-order valence-corrected chi connectivity index (χ3v) is 5.15. The first-order valence-corrected chi connectivity index (χ1v) is 10.2. The Morgan fingerprint density at radius 1 is 1.10 bits per heavy atom. The van der Waals surface area contributed by atoms with Crippen molar-refractivity contribution in [2.45, 2.75) is 13.3 Å². The zero-order chi connectivity index (χ0) is 20.1. The number of guanidine groups is 1. The van der Waals surface area contributed by atoms with E-state index in [0.29, 0.717) is 12.2 Å². The van der Waals surface area contributed by atoms with Crippen LogP contribution in [0.15, 0.2) is 59.9 Å². The van der Waals surface area contributed by atoms with Crippen LogP contribution in [0.5, 0.6) is 0 Å². The fraction of sp³-hybridized carbons (Fsp3) is 0.364. The molecule has 1 fully saturated rings. The molecule has 0 bridgehead atoms. The van der Waals surface area contributed by atoms with Crippen LogP contribution in [-0.4, -0.2) is 59.5 Å². The van der Waals surface area contributed by atoms with Crippen molar-refractivity contribution in [3.05, 3.63) is 66.4 Å². The van der Waals surface area contributed by atoms with Crippen molar-refractivity contribution < 1.29 is 4.39 Å². The van der Waals surface area contributed by atoms with Gasteiger partial charge >= 0.3 is 0 Å². The van der Waals surface area contributed by atoms with Gasteiger partial charge in [-0.15, -0.1) is 24.0 Å². The number of hydrogen-bond acceptors (Lipinski definition) is 3. The van der Waals surface area contributed by atoms with E-state index < -0.39 is 0 Å². The molecule has 0 radical (unpaired) electrons. The van der Waals surface area contributed by atoms with E-state index in [1.165, 1.54) is 6.07 Å². The monoisotopic (exact) mass is 522 g/mol. The van der Waals surface area contributed by atoms with Crippen LogP contribution in [0.3, 0.4) is 0 Å². The highest BCUT2D eigenvalue weighted by Gasteiger charge is 2.21. The number of nitrogens with zero attached hydrogens (tertiary/aromatic N) is 5.